The predicted octanol–water partition coefficient (Wildman–Crippen LogP) is 3.49. The van der Waals surface area contributed by atoms with Crippen LogP contribution in [0.25, 0.3) is 0 Å². The monoisotopic (exact) mass is 362 g/mol. The van der Waals surface area contributed by atoms with Crippen molar-refractivity contribution in [2.24, 2.45) is 0 Å². The molecule has 0 spiro atoms. The maximum atomic E-state index is 12.1. The predicted molar refractivity (Wildman–Crippen MR) is 98.5 cm³/mol. The van der Waals surface area contributed by atoms with Gasteiger partial charge in [0.25, 0.3) is 0 Å². The summed E-state index contributed by atoms with van der Waals surface area (Å²) in [7, 11) is 0. The van der Waals surface area contributed by atoms with Gasteiger partial charge in [-0.2, -0.15) is 0 Å². The van der Waals surface area contributed by atoms with E-state index in [9.17, 15) is 4.79 Å². The molecule has 0 bridgehead atoms. The molecule has 0 radical (unpaired) electrons. The van der Waals surface area contributed by atoms with Crippen LogP contribution in [-0.4, -0.2) is 47.3 Å². The van der Waals surface area contributed by atoms with Gasteiger partial charge >= 0.3 is 0 Å². The van der Waals surface area contributed by atoms with Crippen LogP contribution in [0.4, 0.5) is 0 Å². The summed E-state index contributed by atoms with van der Waals surface area (Å²) in [5.41, 5.74) is 1.29. The average Bonchev–Trinajstić information content (AvgIpc) is 3.24. The Labute approximate surface area is 151 Å². The molecule has 3 rings (SSSR count). The lowest BCUT2D eigenvalue weighted by Gasteiger charge is -2.24. The fraction of sp³-hybridized carbons (Fsp3) is 0.444. The molecule has 128 valence electrons. The highest BCUT2D eigenvalue weighted by Crippen LogP contribution is 2.23. The van der Waals surface area contributed by atoms with Crippen molar-refractivity contribution in [1.82, 2.24) is 9.88 Å². The highest BCUT2D eigenvalue weighted by atomic mass is 32.2. The van der Waals surface area contributed by atoms with Crippen molar-refractivity contribution in [2.45, 2.75) is 29.6 Å². The van der Waals surface area contributed by atoms with E-state index < -0.39 is 0 Å². The van der Waals surface area contributed by atoms with Gasteiger partial charge in [0.2, 0.25) is 5.91 Å². The number of amides is 1. The summed E-state index contributed by atoms with van der Waals surface area (Å²) in [5.74, 6) is 1.14. The zero-order valence-electron chi connectivity index (χ0n) is 13.6. The number of carbonyl (C=O) groups excluding carboxylic acids is 1. The van der Waals surface area contributed by atoms with E-state index in [2.05, 4.69) is 17.1 Å². The number of aromatic nitrogens is 1. The van der Waals surface area contributed by atoms with Crippen LogP contribution in [0, 0.1) is 0 Å². The summed E-state index contributed by atoms with van der Waals surface area (Å²) in [5, 5.41) is 1.98. The van der Waals surface area contributed by atoms with Crippen LogP contribution in [0.2, 0.25) is 0 Å². The molecule has 2 heterocycles. The minimum atomic E-state index is 0.227. The number of rotatable bonds is 9. The van der Waals surface area contributed by atoms with Crippen molar-refractivity contribution in [3.63, 3.8) is 0 Å². The van der Waals surface area contributed by atoms with Gasteiger partial charge in [-0.25, -0.2) is 4.98 Å². The molecule has 1 atom stereocenters. The molecule has 0 aliphatic carbocycles. The molecule has 6 heteroatoms. The molecule has 0 unspecified atom stereocenters. The summed E-state index contributed by atoms with van der Waals surface area (Å²) >= 11 is 3.36. The topological polar surface area (TPSA) is 42.4 Å². The van der Waals surface area contributed by atoms with Crippen molar-refractivity contribution < 1.29 is 9.53 Å². The second-order valence-corrected chi connectivity index (χ2v) is 7.97. The van der Waals surface area contributed by atoms with Crippen LogP contribution in [0.5, 0.6) is 0 Å². The van der Waals surface area contributed by atoms with E-state index in [-0.39, 0.29) is 11.9 Å². The number of hydrogen-bond donors (Lipinski definition) is 0. The third kappa shape index (κ3) is 5.06. The largest absolute Gasteiger partial charge is 0.379 e. The zero-order chi connectivity index (χ0) is 16.6. The van der Waals surface area contributed by atoms with E-state index in [4.69, 9.17) is 4.74 Å². The van der Waals surface area contributed by atoms with Gasteiger partial charge in [-0.05, 0) is 18.4 Å². The molecule has 0 saturated carbocycles. The molecule has 1 aliphatic rings. The normalized spacial score (nSPS) is 17.6. The summed E-state index contributed by atoms with van der Waals surface area (Å²) in [6.45, 7) is 2.12. The van der Waals surface area contributed by atoms with Crippen LogP contribution in [0.1, 0.15) is 18.4 Å². The zero-order valence-corrected chi connectivity index (χ0v) is 15.2. The van der Waals surface area contributed by atoms with Crippen molar-refractivity contribution in [2.75, 3.05) is 25.5 Å². The molecule has 1 saturated heterocycles. The van der Waals surface area contributed by atoms with E-state index in [1.165, 1.54) is 5.56 Å². The van der Waals surface area contributed by atoms with Crippen LogP contribution in [-0.2, 0) is 16.0 Å². The Balaban J connectivity index is 1.38. The molecular formula is C18H22N2O2S2. The minimum Gasteiger partial charge on any atom is -0.379 e. The van der Waals surface area contributed by atoms with Gasteiger partial charge in [0.05, 0.1) is 19.3 Å². The van der Waals surface area contributed by atoms with Gasteiger partial charge in [0.1, 0.15) is 4.34 Å². The van der Waals surface area contributed by atoms with E-state index in [0.717, 1.165) is 29.5 Å². The molecule has 4 nitrogen and oxygen atoms in total. The smallest absolute Gasteiger partial charge is 0.223 e. The molecule has 1 amide bonds. The lowest BCUT2D eigenvalue weighted by atomic mass is 10.2. The summed E-state index contributed by atoms with van der Waals surface area (Å²) in [6.07, 6.45) is 4.29. The van der Waals surface area contributed by atoms with E-state index in [1.807, 2.05) is 34.7 Å². The molecule has 1 aliphatic heterocycles. The highest BCUT2D eigenvalue weighted by molar-refractivity contribution is 8.01. The third-order valence-corrected chi connectivity index (χ3v) is 6.05. The number of carbonyl (C=O) groups is 1. The number of benzene rings is 1. The Kier molecular flexibility index (Phi) is 6.69. The van der Waals surface area contributed by atoms with Crippen LogP contribution in [0.15, 0.2) is 46.2 Å². The van der Waals surface area contributed by atoms with Gasteiger partial charge in [-0.3, -0.25) is 4.79 Å². The molecule has 0 N–H and O–H groups in total. The number of thiazole rings is 1. The van der Waals surface area contributed by atoms with Gasteiger partial charge in [0.15, 0.2) is 0 Å². The summed E-state index contributed by atoms with van der Waals surface area (Å²) in [6, 6.07) is 10.6. The summed E-state index contributed by atoms with van der Waals surface area (Å²) in [4.78, 5) is 18.3. The number of likely N-dealkylation sites (tertiary alicyclic amines) is 1. The number of nitrogens with zero attached hydrogens (tertiary/aromatic N) is 2. The van der Waals surface area contributed by atoms with Gasteiger partial charge in [-0.1, -0.05) is 42.1 Å². The van der Waals surface area contributed by atoms with Gasteiger partial charge in [-0.15, -0.1) is 11.3 Å². The molecule has 1 aromatic heterocycles. The van der Waals surface area contributed by atoms with E-state index in [1.54, 1.807) is 23.1 Å². The van der Waals surface area contributed by atoms with Gasteiger partial charge in [0, 0.05) is 30.3 Å². The Morgan fingerprint density at radius 1 is 1.33 bits per heavy atom. The van der Waals surface area contributed by atoms with Crippen LogP contribution < -0.4 is 0 Å². The van der Waals surface area contributed by atoms with E-state index in [0.29, 0.717) is 19.6 Å². The first-order valence-corrected chi connectivity index (χ1v) is 10.1. The Morgan fingerprint density at radius 2 is 2.21 bits per heavy atom. The average molecular weight is 363 g/mol. The first-order valence-electron chi connectivity index (χ1n) is 8.26. The van der Waals surface area contributed by atoms with Crippen molar-refractivity contribution in [3.8, 4) is 0 Å². The fourth-order valence-electron chi connectivity index (χ4n) is 2.84. The first kappa shape index (κ1) is 17.5. The van der Waals surface area contributed by atoms with Crippen molar-refractivity contribution in [3.05, 3.63) is 47.5 Å². The fourth-order valence-corrected chi connectivity index (χ4v) is 4.49. The molecular weight excluding hydrogens is 340 g/mol. The Hall–Kier alpha value is -1.37. The number of thioether (sulfide) groups is 1. The number of hydrogen-bond acceptors (Lipinski definition) is 5. The standard InChI is InChI=1S/C18H22N2O2S2/c21-17-7-6-16(14-22-11-8-15-4-2-1-3-5-15)20(17)10-13-24-18-19-9-12-23-18/h1-5,9,12,16H,6-8,10-11,13-14H2/t16-/m1/s1. The van der Waals surface area contributed by atoms with Crippen LogP contribution >= 0.6 is 23.1 Å². The number of ether oxygens (including phenoxy) is 1. The lowest BCUT2D eigenvalue weighted by Crippen LogP contribution is -2.37. The van der Waals surface area contributed by atoms with Gasteiger partial charge < -0.3 is 9.64 Å². The Bertz CT molecular complexity index is 619. The highest BCUT2D eigenvalue weighted by Gasteiger charge is 2.30. The first-order chi connectivity index (χ1) is 11.8. The van der Waals surface area contributed by atoms with Crippen LogP contribution in [0.3, 0.4) is 0 Å². The quantitative estimate of drug-likeness (QED) is 0.506. The Morgan fingerprint density at radius 3 is 3.00 bits per heavy atom. The molecule has 1 fully saturated rings. The molecule has 1 aromatic carbocycles. The summed E-state index contributed by atoms with van der Waals surface area (Å²) < 4.78 is 6.91. The van der Waals surface area contributed by atoms with Crippen molar-refractivity contribution in [1.29, 1.82) is 0 Å². The van der Waals surface area contributed by atoms with Crippen molar-refractivity contribution >= 4 is 29.0 Å². The third-order valence-electron chi connectivity index (χ3n) is 4.11. The molecule has 2 aromatic rings. The second-order valence-electron chi connectivity index (χ2n) is 5.74. The lowest BCUT2D eigenvalue weighted by molar-refractivity contribution is -0.129. The van der Waals surface area contributed by atoms with E-state index >= 15 is 0 Å². The SMILES string of the molecule is O=C1CC[C@H](COCCc2ccccc2)N1CCSc1nccs1. The maximum absolute atomic E-state index is 12.1. The minimum absolute atomic E-state index is 0.227. The second kappa shape index (κ2) is 9.20. The maximum Gasteiger partial charge on any atom is 0.223 e. The molecule has 24 heavy (non-hydrogen) atoms.